The van der Waals surface area contributed by atoms with E-state index < -0.39 is 12.0 Å². The molecule has 0 spiro atoms. The maximum Gasteiger partial charge on any atom is 0.326 e. The van der Waals surface area contributed by atoms with Crippen molar-refractivity contribution in [2.75, 3.05) is 0 Å². The first kappa shape index (κ1) is 16.6. The van der Waals surface area contributed by atoms with Gasteiger partial charge in [-0.1, -0.05) is 43.9 Å². The number of carboxylic acid groups (broad SMARTS) is 1. The van der Waals surface area contributed by atoms with Crippen molar-refractivity contribution in [1.82, 2.24) is 9.88 Å². The summed E-state index contributed by atoms with van der Waals surface area (Å²) < 4.78 is 0.285. The number of aromatic nitrogens is 1. The van der Waals surface area contributed by atoms with Crippen molar-refractivity contribution in [1.29, 1.82) is 0 Å². The van der Waals surface area contributed by atoms with Gasteiger partial charge in [-0.15, -0.1) is 0 Å². The lowest BCUT2D eigenvalue weighted by Gasteiger charge is -2.24. The standard InChI is InChI=1S/C15H16N2O3S2/c1-9(2)6-11(14(19)20)17-13(18)12(22-15(17)21)7-10-4-3-5-16-8-10/h3-5,7-9,11H,6H2,1-2H3,(H,19,20)/b12-7-/t11-/m0/s1. The topological polar surface area (TPSA) is 70.5 Å². The highest BCUT2D eigenvalue weighted by Crippen LogP contribution is 2.35. The third-order valence-electron chi connectivity index (χ3n) is 3.10. The van der Waals surface area contributed by atoms with E-state index in [9.17, 15) is 14.7 Å². The number of carbonyl (C=O) groups is 2. The zero-order valence-corrected chi connectivity index (χ0v) is 13.9. The normalized spacial score (nSPS) is 18.3. The van der Waals surface area contributed by atoms with E-state index in [0.717, 1.165) is 17.3 Å². The first-order valence-electron chi connectivity index (χ1n) is 6.80. The van der Waals surface area contributed by atoms with Crippen LogP contribution in [0.15, 0.2) is 29.4 Å². The Morgan fingerprint density at radius 2 is 2.27 bits per heavy atom. The highest BCUT2D eigenvalue weighted by Gasteiger charge is 2.40. The second-order valence-electron chi connectivity index (χ2n) is 5.32. The van der Waals surface area contributed by atoms with E-state index in [4.69, 9.17) is 12.2 Å². The Kier molecular flexibility index (Phi) is 5.31. The fourth-order valence-electron chi connectivity index (χ4n) is 2.12. The van der Waals surface area contributed by atoms with Crippen LogP contribution < -0.4 is 0 Å². The first-order chi connectivity index (χ1) is 10.4. The van der Waals surface area contributed by atoms with Gasteiger partial charge in [0.15, 0.2) is 0 Å². The maximum absolute atomic E-state index is 12.5. The molecule has 0 radical (unpaired) electrons. The zero-order chi connectivity index (χ0) is 16.3. The van der Waals surface area contributed by atoms with Crippen molar-refractivity contribution in [3.05, 3.63) is 35.0 Å². The summed E-state index contributed by atoms with van der Waals surface area (Å²) in [5.41, 5.74) is 0.777. The van der Waals surface area contributed by atoms with E-state index in [1.54, 1.807) is 24.5 Å². The van der Waals surface area contributed by atoms with Gasteiger partial charge in [-0.25, -0.2) is 4.79 Å². The SMILES string of the molecule is CC(C)C[C@@H](C(=O)O)N1C(=O)/C(=C/c2cccnc2)SC1=S. The van der Waals surface area contributed by atoms with E-state index in [0.29, 0.717) is 11.3 Å². The fraction of sp³-hybridized carbons (Fsp3) is 0.333. The number of carboxylic acids is 1. The number of amides is 1. The van der Waals surface area contributed by atoms with Crippen molar-refractivity contribution >= 4 is 46.3 Å². The number of pyridine rings is 1. The predicted octanol–water partition coefficient (Wildman–Crippen LogP) is 2.78. The molecule has 1 fully saturated rings. The molecule has 1 aromatic rings. The van der Waals surface area contributed by atoms with Crippen LogP contribution in [-0.2, 0) is 9.59 Å². The van der Waals surface area contributed by atoms with Gasteiger partial charge < -0.3 is 5.11 Å². The Morgan fingerprint density at radius 3 is 2.82 bits per heavy atom. The van der Waals surface area contributed by atoms with Gasteiger partial charge in [0.1, 0.15) is 10.4 Å². The van der Waals surface area contributed by atoms with E-state index >= 15 is 0 Å². The maximum atomic E-state index is 12.5. The summed E-state index contributed by atoms with van der Waals surface area (Å²) in [7, 11) is 0. The molecule has 1 aromatic heterocycles. The van der Waals surface area contributed by atoms with Crippen LogP contribution in [0.3, 0.4) is 0 Å². The van der Waals surface area contributed by atoms with Crippen molar-refractivity contribution in [3.63, 3.8) is 0 Å². The number of hydrogen-bond donors (Lipinski definition) is 1. The number of carbonyl (C=O) groups excluding carboxylic acids is 1. The van der Waals surface area contributed by atoms with Gasteiger partial charge in [-0.2, -0.15) is 0 Å². The van der Waals surface area contributed by atoms with Crippen LogP contribution in [0.1, 0.15) is 25.8 Å². The molecule has 2 heterocycles. The molecule has 1 atom stereocenters. The monoisotopic (exact) mass is 336 g/mol. The molecule has 7 heteroatoms. The smallest absolute Gasteiger partial charge is 0.326 e. The summed E-state index contributed by atoms with van der Waals surface area (Å²) in [6.07, 6.45) is 5.32. The lowest BCUT2D eigenvalue weighted by atomic mass is 10.0. The van der Waals surface area contributed by atoms with E-state index in [1.807, 2.05) is 19.9 Å². The van der Waals surface area contributed by atoms with Gasteiger partial charge >= 0.3 is 5.97 Å². The van der Waals surface area contributed by atoms with Crippen molar-refractivity contribution in [2.45, 2.75) is 26.3 Å². The van der Waals surface area contributed by atoms with Crippen LogP contribution in [0.25, 0.3) is 6.08 Å². The van der Waals surface area contributed by atoms with Gasteiger partial charge in [-0.3, -0.25) is 14.7 Å². The molecule has 116 valence electrons. The molecule has 0 unspecified atom stereocenters. The molecule has 0 bridgehead atoms. The quantitative estimate of drug-likeness (QED) is 0.658. The number of nitrogens with zero attached hydrogens (tertiary/aromatic N) is 2. The third kappa shape index (κ3) is 3.72. The minimum Gasteiger partial charge on any atom is -0.480 e. The minimum atomic E-state index is -1.03. The number of thiocarbonyl (C=S) groups is 1. The molecular formula is C15H16N2O3S2. The van der Waals surface area contributed by atoms with Crippen LogP contribution in [0.5, 0.6) is 0 Å². The van der Waals surface area contributed by atoms with Gasteiger partial charge in [0.25, 0.3) is 5.91 Å². The van der Waals surface area contributed by atoms with Crippen molar-refractivity contribution in [2.24, 2.45) is 5.92 Å². The van der Waals surface area contributed by atoms with E-state index in [-0.39, 0.29) is 16.1 Å². The largest absolute Gasteiger partial charge is 0.480 e. The first-order valence-corrected chi connectivity index (χ1v) is 8.02. The molecule has 5 nitrogen and oxygen atoms in total. The molecular weight excluding hydrogens is 320 g/mol. The highest BCUT2D eigenvalue weighted by molar-refractivity contribution is 8.26. The number of rotatable bonds is 5. The van der Waals surface area contributed by atoms with Gasteiger partial charge in [0.05, 0.1) is 4.91 Å². The molecule has 0 aromatic carbocycles. The van der Waals surface area contributed by atoms with Crippen LogP contribution in [0.4, 0.5) is 0 Å². The van der Waals surface area contributed by atoms with Gasteiger partial charge in [0.2, 0.25) is 0 Å². The summed E-state index contributed by atoms with van der Waals surface area (Å²) >= 11 is 6.33. The number of hydrogen-bond acceptors (Lipinski definition) is 5. The average molecular weight is 336 g/mol. The fourth-order valence-corrected chi connectivity index (χ4v) is 3.48. The molecule has 1 N–H and O–H groups in total. The Morgan fingerprint density at radius 1 is 1.55 bits per heavy atom. The summed E-state index contributed by atoms with van der Waals surface area (Å²) in [4.78, 5) is 29.6. The minimum absolute atomic E-state index is 0.146. The van der Waals surface area contributed by atoms with E-state index in [2.05, 4.69) is 4.98 Å². The van der Waals surface area contributed by atoms with Crippen LogP contribution in [0, 0.1) is 5.92 Å². The summed E-state index contributed by atoms with van der Waals surface area (Å²) in [6.45, 7) is 3.83. The Hall–Kier alpha value is -1.73. The Labute approximate surface area is 138 Å². The molecule has 0 saturated carbocycles. The summed E-state index contributed by atoms with van der Waals surface area (Å²) in [5, 5.41) is 9.40. The van der Waals surface area contributed by atoms with Crippen LogP contribution in [0.2, 0.25) is 0 Å². The van der Waals surface area contributed by atoms with Crippen molar-refractivity contribution in [3.8, 4) is 0 Å². The number of thioether (sulfide) groups is 1. The van der Waals surface area contributed by atoms with E-state index in [1.165, 1.54) is 4.90 Å². The van der Waals surface area contributed by atoms with Gasteiger partial charge in [0, 0.05) is 12.4 Å². The second kappa shape index (κ2) is 7.02. The van der Waals surface area contributed by atoms with Crippen molar-refractivity contribution < 1.29 is 14.7 Å². The number of aliphatic carboxylic acids is 1. The highest BCUT2D eigenvalue weighted by atomic mass is 32.2. The second-order valence-corrected chi connectivity index (χ2v) is 7.00. The molecule has 1 amide bonds. The molecule has 0 aliphatic carbocycles. The Balaban J connectivity index is 2.28. The lowest BCUT2D eigenvalue weighted by molar-refractivity contribution is -0.145. The lowest BCUT2D eigenvalue weighted by Crippen LogP contribution is -2.44. The average Bonchev–Trinajstić information content (AvgIpc) is 2.72. The summed E-state index contributed by atoms with van der Waals surface area (Å²) in [6, 6.07) is 2.67. The molecule has 2 rings (SSSR count). The van der Waals surface area contributed by atoms with Crippen LogP contribution in [-0.4, -0.2) is 37.2 Å². The molecule has 1 saturated heterocycles. The summed E-state index contributed by atoms with van der Waals surface area (Å²) in [5.74, 6) is -1.24. The van der Waals surface area contributed by atoms with Gasteiger partial charge in [-0.05, 0) is 30.0 Å². The Bertz CT molecular complexity index is 629. The zero-order valence-electron chi connectivity index (χ0n) is 12.2. The third-order valence-corrected chi connectivity index (χ3v) is 4.43. The van der Waals surface area contributed by atoms with Crippen LogP contribution >= 0.6 is 24.0 Å². The molecule has 1 aliphatic heterocycles. The predicted molar refractivity (Wildman–Crippen MR) is 90.1 cm³/mol. The molecule has 1 aliphatic rings. The molecule has 22 heavy (non-hydrogen) atoms.